The molecule has 0 spiro atoms. The summed E-state index contributed by atoms with van der Waals surface area (Å²) in [6.45, 7) is 5.15. The maximum absolute atomic E-state index is 3.34. The van der Waals surface area contributed by atoms with Crippen molar-refractivity contribution in [2.75, 3.05) is 6.54 Å². The molecule has 0 saturated carbocycles. The Morgan fingerprint density at radius 3 is 3.30 bits per heavy atom. The van der Waals surface area contributed by atoms with Gasteiger partial charge in [-0.15, -0.1) is 0 Å². The van der Waals surface area contributed by atoms with Gasteiger partial charge in [-0.3, -0.25) is 5.32 Å². The first-order valence-corrected chi connectivity index (χ1v) is 3.82. The second-order valence-electron chi connectivity index (χ2n) is 2.61. The van der Waals surface area contributed by atoms with Gasteiger partial charge >= 0.3 is 0 Å². The molecule has 0 fully saturated rings. The van der Waals surface area contributed by atoms with Crippen LogP contribution in [0.5, 0.6) is 0 Å². The van der Waals surface area contributed by atoms with Crippen LogP contribution < -0.4 is 5.32 Å². The van der Waals surface area contributed by atoms with Gasteiger partial charge in [-0.05, 0) is 6.42 Å². The normalized spacial score (nSPS) is 25.0. The van der Waals surface area contributed by atoms with Gasteiger partial charge in [-0.25, -0.2) is 0 Å². The van der Waals surface area contributed by atoms with Gasteiger partial charge in [0.2, 0.25) is 0 Å². The predicted molar refractivity (Wildman–Crippen MR) is 43.7 cm³/mol. The number of hydrogen-bond acceptors (Lipinski definition) is 1. The van der Waals surface area contributed by atoms with E-state index in [1.54, 1.807) is 0 Å². The summed E-state index contributed by atoms with van der Waals surface area (Å²) in [6, 6.07) is 0.546. The monoisotopic (exact) mass is 136 g/mol. The molecule has 0 saturated heterocycles. The van der Waals surface area contributed by atoms with Gasteiger partial charge in [-0.2, -0.15) is 0 Å². The SMILES string of the molecule is CCC1C=CC(C)=[C+]CN1. The van der Waals surface area contributed by atoms with E-state index in [4.69, 9.17) is 0 Å². The molecular formula is C9H14N+. The highest BCUT2D eigenvalue weighted by molar-refractivity contribution is 5.17. The second-order valence-corrected chi connectivity index (χ2v) is 2.61. The van der Waals surface area contributed by atoms with Crippen molar-refractivity contribution in [1.82, 2.24) is 5.32 Å². The fourth-order valence-electron chi connectivity index (χ4n) is 0.989. The molecule has 1 aliphatic rings. The Morgan fingerprint density at radius 2 is 2.60 bits per heavy atom. The minimum atomic E-state index is 0.546. The highest BCUT2D eigenvalue weighted by Gasteiger charge is 2.08. The Hall–Kier alpha value is -0.650. The van der Waals surface area contributed by atoms with Crippen LogP contribution in [0.15, 0.2) is 17.7 Å². The lowest BCUT2D eigenvalue weighted by molar-refractivity contribution is 0.616. The summed E-state index contributed by atoms with van der Waals surface area (Å²) >= 11 is 0. The zero-order valence-corrected chi connectivity index (χ0v) is 6.65. The van der Waals surface area contributed by atoms with Crippen LogP contribution in [0.4, 0.5) is 0 Å². The van der Waals surface area contributed by atoms with Crippen molar-refractivity contribution in [3.05, 3.63) is 23.8 Å². The fraction of sp³-hybridized carbons (Fsp3) is 0.556. The number of rotatable bonds is 1. The molecule has 1 nitrogen and oxygen atoms in total. The van der Waals surface area contributed by atoms with Crippen LogP contribution in [0.25, 0.3) is 0 Å². The van der Waals surface area contributed by atoms with Gasteiger partial charge in [-0.1, -0.05) is 6.92 Å². The van der Waals surface area contributed by atoms with Gasteiger partial charge < -0.3 is 0 Å². The van der Waals surface area contributed by atoms with Crippen LogP contribution in [0.3, 0.4) is 0 Å². The van der Waals surface area contributed by atoms with Crippen LogP contribution in [0.2, 0.25) is 0 Å². The molecule has 0 radical (unpaired) electrons. The summed E-state index contributed by atoms with van der Waals surface area (Å²) in [4.78, 5) is 0. The molecule has 0 aromatic heterocycles. The molecule has 1 rings (SSSR count). The van der Waals surface area contributed by atoms with Gasteiger partial charge in [0.15, 0.2) is 5.57 Å². The van der Waals surface area contributed by atoms with Crippen LogP contribution >= 0.6 is 0 Å². The molecule has 0 amide bonds. The Bertz CT molecular complexity index is 156. The van der Waals surface area contributed by atoms with E-state index in [2.05, 4.69) is 37.4 Å². The lowest BCUT2D eigenvalue weighted by Crippen LogP contribution is -2.25. The summed E-state index contributed by atoms with van der Waals surface area (Å²) in [5.74, 6) is 0. The van der Waals surface area contributed by atoms with Crippen molar-refractivity contribution in [2.45, 2.75) is 26.3 Å². The number of nitrogens with one attached hydrogen (secondary N) is 1. The van der Waals surface area contributed by atoms with E-state index in [0.717, 1.165) is 13.0 Å². The predicted octanol–water partition coefficient (Wildman–Crippen LogP) is 1.67. The lowest BCUT2D eigenvalue weighted by atomic mass is 10.2. The minimum Gasteiger partial charge on any atom is -0.281 e. The van der Waals surface area contributed by atoms with Crippen molar-refractivity contribution < 1.29 is 0 Å². The lowest BCUT2D eigenvalue weighted by Gasteiger charge is -2.03. The Morgan fingerprint density at radius 1 is 1.80 bits per heavy atom. The Kier molecular flexibility index (Phi) is 2.61. The van der Waals surface area contributed by atoms with E-state index in [1.165, 1.54) is 5.57 Å². The third-order valence-electron chi connectivity index (χ3n) is 1.75. The molecule has 1 heteroatoms. The smallest absolute Gasteiger partial charge is 0.165 e. The van der Waals surface area contributed by atoms with E-state index in [-0.39, 0.29) is 0 Å². The van der Waals surface area contributed by atoms with Crippen molar-refractivity contribution >= 4 is 0 Å². The Balaban J connectivity index is 2.53. The highest BCUT2D eigenvalue weighted by atomic mass is 14.9. The van der Waals surface area contributed by atoms with Gasteiger partial charge in [0.05, 0.1) is 12.2 Å². The molecule has 10 heavy (non-hydrogen) atoms. The summed E-state index contributed by atoms with van der Waals surface area (Å²) in [7, 11) is 0. The molecule has 0 aromatic carbocycles. The number of hydrogen-bond donors (Lipinski definition) is 1. The van der Waals surface area contributed by atoms with Crippen molar-refractivity contribution in [2.24, 2.45) is 0 Å². The van der Waals surface area contributed by atoms with Crippen LogP contribution in [-0.2, 0) is 0 Å². The van der Waals surface area contributed by atoms with E-state index in [9.17, 15) is 0 Å². The zero-order valence-electron chi connectivity index (χ0n) is 6.65. The first kappa shape index (κ1) is 7.46. The van der Waals surface area contributed by atoms with Crippen LogP contribution in [0, 0.1) is 6.08 Å². The third-order valence-corrected chi connectivity index (χ3v) is 1.75. The first-order chi connectivity index (χ1) is 4.83. The standard InChI is InChI=1S/C9H14N/c1-3-9-5-4-8(2)6-7-10-9/h4-5,9-10H,3,7H2,1-2H3/q+1. The molecule has 1 heterocycles. The van der Waals surface area contributed by atoms with Crippen molar-refractivity contribution in [3.8, 4) is 0 Å². The zero-order chi connectivity index (χ0) is 7.40. The van der Waals surface area contributed by atoms with Crippen LogP contribution in [0.1, 0.15) is 20.3 Å². The fourth-order valence-corrected chi connectivity index (χ4v) is 0.989. The van der Waals surface area contributed by atoms with Gasteiger partial charge in [0, 0.05) is 19.0 Å². The summed E-state index contributed by atoms with van der Waals surface area (Å²) in [5, 5.41) is 3.34. The molecule has 0 aromatic rings. The van der Waals surface area contributed by atoms with Crippen LogP contribution in [-0.4, -0.2) is 12.6 Å². The molecule has 0 aliphatic carbocycles. The first-order valence-electron chi connectivity index (χ1n) is 3.82. The maximum atomic E-state index is 3.34. The summed E-state index contributed by atoms with van der Waals surface area (Å²) in [5.41, 5.74) is 1.24. The van der Waals surface area contributed by atoms with Gasteiger partial charge in [0.1, 0.15) is 6.54 Å². The largest absolute Gasteiger partial charge is 0.281 e. The summed E-state index contributed by atoms with van der Waals surface area (Å²) < 4.78 is 0. The van der Waals surface area contributed by atoms with Gasteiger partial charge in [0.25, 0.3) is 0 Å². The minimum absolute atomic E-state index is 0.546. The van der Waals surface area contributed by atoms with E-state index >= 15 is 0 Å². The van der Waals surface area contributed by atoms with E-state index < -0.39 is 0 Å². The van der Waals surface area contributed by atoms with Crippen molar-refractivity contribution in [1.29, 1.82) is 0 Å². The molecular weight excluding hydrogens is 122 g/mol. The Labute approximate surface area is 62.8 Å². The average molecular weight is 136 g/mol. The topological polar surface area (TPSA) is 12.0 Å². The molecule has 1 aliphatic heterocycles. The molecule has 0 bridgehead atoms. The quantitative estimate of drug-likeness (QED) is 0.541. The highest BCUT2D eigenvalue weighted by Crippen LogP contribution is 2.02. The van der Waals surface area contributed by atoms with E-state index in [0.29, 0.717) is 6.04 Å². The molecule has 54 valence electrons. The second kappa shape index (κ2) is 3.50. The molecule has 1 N–H and O–H groups in total. The summed E-state index contributed by atoms with van der Waals surface area (Å²) in [6.07, 6.45) is 8.72. The maximum Gasteiger partial charge on any atom is 0.165 e. The molecule has 1 unspecified atom stereocenters. The van der Waals surface area contributed by atoms with E-state index in [1.807, 2.05) is 0 Å². The number of allylic oxidation sites excluding steroid dienone is 2. The average Bonchev–Trinajstić information content (AvgIpc) is 2.14. The third kappa shape index (κ3) is 1.94. The molecule has 1 atom stereocenters. The van der Waals surface area contributed by atoms with Crippen molar-refractivity contribution in [3.63, 3.8) is 0 Å².